The molecule has 11 N–H and O–H groups in total. The minimum atomic E-state index is -1.51. The number of nitrogens with zero attached hydrogens (tertiary/aromatic N) is 1. The summed E-state index contributed by atoms with van der Waals surface area (Å²) in [4.78, 5) is 52.4. The van der Waals surface area contributed by atoms with Gasteiger partial charge in [-0.1, -0.05) is 20.3 Å². The molecule has 0 radical (unpaired) electrons. The van der Waals surface area contributed by atoms with Gasteiger partial charge in [0.2, 0.25) is 17.7 Å². The Morgan fingerprint density at radius 1 is 1.03 bits per heavy atom. The number of hydrogen-bond acceptors (Lipinski definition) is 8. The Hall–Kier alpha value is -2.58. The molecule has 0 aromatic rings. The van der Waals surface area contributed by atoms with E-state index in [2.05, 4.69) is 33.6 Å². The van der Waals surface area contributed by atoms with Crippen LogP contribution in [0.4, 0.5) is 0 Å². The van der Waals surface area contributed by atoms with Gasteiger partial charge in [0.15, 0.2) is 5.96 Å². The zero-order valence-corrected chi connectivity index (χ0v) is 19.2. The first-order valence-corrected chi connectivity index (χ1v) is 10.8. The molecule has 3 amide bonds. The van der Waals surface area contributed by atoms with Crippen LogP contribution in [0.25, 0.3) is 0 Å². The third-order valence-corrected chi connectivity index (χ3v) is 5.08. The van der Waals surface area contributed by atoms with Crippen molar-refractivity contribution in [2.45, 2.75) is 57.3 Å². The van der Waals surface area contributed by atoms with E-state index in [4.69, 9.17) is 27.4 Å². The fraction of sp³-hybridized carbons (Fsp3) is 0.722. The van der Waals surface area contributed by atoms with Gasteiger partial charge in [-0.3, -0.25) is 19.4 Å². The molecule has 0 aromatic heterocycles. The van der Waals surface area contributed by atoms with Crippen LogP contribution >= 0.6 is 12.6 Å². The van der Waals surface area contributed by atoms with Gasteiger partial charge in [-0.2, -0.15) is 12.6 Å². The van der Waals surface area contributed by atoms with Crippen LogP contribution in [0.15, 0.2) is 4.99 Å². The molecule has 0 bridgehead atoms. The average Bonchev–Trinajstić information content (AvgIpc) is 2.75. The highest BCUT2D eigenvalue weighted by Crippen LogP contribution is 2.09. The molecule has 0 saturated carbocycles. The molecule has 184 valence electrons. The van der Waals surface area contributed by atoms with Gasteiger partial charge in [0.05, 0.1) is 12.6 Å². The van der Waals surface area contributed by atoms with Crippen LogP contribution in [0, 0.1) is 5.92 Å². The maximum atomic E-state index is 12.7. The number of nitrogens with one attached hydrogen (secondary N) is 3. The zero-order valence-electron chi connectivity index (χ0n) is 18.3. The summed E-state index contributed by atoms with van der Waals surface area (Å²) in [5, 5.41) is 25.3. The minimum absolute atomic E-state index is 0.0663. The third-order valence-electron chi connectivity index (χ3n) is 4.71. The molecule has 0 spiro atoms. The van der Waals surface area contributed by atoms with E-state index in [1.165, 1.54) is 0 Å². The van der Waals surface area contributed by atoms with E-state index >= 15 is 0 Å². The molecule has 0 rings (SSSR count). The number of carbonyl (C=O) groups excluding carboxylic acids is 3. The number of carbonyl (C=O) groups is 4. The standard InChI is InChI=1S/C18H35N7O6S/c1-3-9(2)13(16(29)23-11(7-26)17(30)31)25-15(28)12(8-32)24-14(27)10(19)5-4-6-22-18(20)21/h9-13,26,32H,3-8,19H2,1-2H3,(H,23,29)(H,24,27)(H,25,28)(H,30,31)(H4,20,21,22). The predicted octanol–water partition coefficient (Wildman–Crippen LogP) is -3.13. The van der Waals surface area contributed by atoms with Crippen molar-refractivity contribution in [1.29, 1.82) is 0 Å². The number of carboxylic acids is 1. The summed E-state index contributed by atoms with van der Waals surface area (Å²) in [6.45, 7) is 2.98. The molecule has 5 atom stereocenters. The molecule has 14 heteroatoms. The van der Waals surface area contributed by atoms with Gasteiger partial charge in [-0.25, -0.2) is 4.79 Å². The number of amides is 3. The van der Waals surface area contributed by atoms with Crippen LogP contribution in [-0.2, 0) is 19.2 Å². The number of nitrogens with two attached hydrogens (primary N) is 3. The summed E-state index contributed by atoms with van der Waals surface area (Å²) in [5.74, 6) is -3.94. The number of thiol groups is 1. The predicted molar refractivity (Wildman–Crippen MR) is 122 cm³/mol. The van der Waals surface area contributed by atoms with Crippen LogP contribution < -0.4 is 33.2 Å². The van der Waals surface area contributed by atoms with Crippen LogP contribution in [0.1, 0.15) is 33.1 Å². The quantitative estimate of drug-likeness (QED) is 0.0501. The molecule has 0 heterocycles. The highest BCUT2D eigenvalue weighted by atomic mass is 32.1. The molecular formula is C18H35N7O6S. The second-order valence-corrected chi connectivity index (χ2v) is 7.62. The largest absolute Gasteiger partial charge is 0.480 e. The Balaban J connectivity index is 5.08. The molecule has 0 saturated heterocycles. The molecule has 0 fully saturated rings. The van der Waals surface area contributed by atoms with Gasteiger partial charge < -0.3 is 43.4 Å². The van der Waals surface area contributed by atoms with Crippen LogP contribution in [0.2, 0.25) is 0 Å². The Morgan fingerprint density at radius 3 is 2.09 bits per heavy atom. The first kappa shape index (κ1) is 29.4. The Kier molecular flexibility index (Phi) is 14.0. The van der Waals surface area contributed by atoms with Crippen molar-refractivity contribution >= 4 is 42.3 Å². The number of carboxylic acid groups (broad SMARTS) is 1. The lowest BCUT2D eigenvalue weighted by Crippen LogP contribution is -2.59. The summed E-state index contributed by atoms with van der Waals surface area (Å²) < 4.78 is 0. The van der Waals surface area contributed by atoms with Crippen molar-refractivity contribution in [3.05, 3.63) is 0 Å². The monoisotopic (exact) mass is 477 g/mol. The molecule has 0 aliphatic rings. The van der Waals surface area contributed by atoms with Gasteiger partial charge in [-0.05, 0) is 18.8 Å². The van der Waals surface area contributed by atoms with Crippen LogP contribution in [0.5, 0.6) is 0 Å². The summed E-state index contributed by atoms with van der Waals surface area (Å²) in [5.41, 5.74) is 16.3. The van der Waals surface area contributed by atoms with Gasteiger partial charge >= 0.3 is 5.97 Å². The average molecular weight is 478 g/mol. The van der Waals surface area contributed by atoms with Crippen molar-refractivity contribution in [2.75, 3.05) is 18.9 Å². The lowest BCUT2D eigenvalue weighted by molar-refractivity contribution is -0.143. The molecular weight excluding hydrogens is 442 g/mol. The van der Waals surface area contributed by atoms with Crippen molar-refractivity contribution in [2.24, 2.45) is 28.1 Å². The van der Waals surface area contributed by atoms with Gasteiger partial charge in [-0.15, -0.1) is 0 Å². The van der Waals surface area contributed by atoms with Gasteiger partial charge in [0.1, 0.15) is 18.1 Å². The van der Waals surface area contributed by atoms with Crippen molar-refractivity contribution in [3.8, 4) is 0 Å². The first-order chi connectivity index (χ1) is 15.0. The van der Waals surface area contributed by atoms with Gasteiger partial charge in [0.25, 0.3) is 0 Å². The third kappa shape index (κ3) is 10.6. The van der Waals surface area contributed by atoms with E-state index in [1.54, 1.807) is 13.8 Å². The number of aliphatic carboxylic acids is 1. The molecule has 13 nitrogen and oxygen atoms in total. The minimum Gasteiger partial charge on any atom is -0.480 e. The normalized spacial score (nSPS) is 15.4. The van der Waals surface area contributed by atoms with Crippen molar-refractivity contribution < 1.29 is 29.4 Å². The lowest BCUT2D eigenvalue weighted by Gasteiger charge is -2.27. The molecule has 0 aliphatic carbocycles. The van der Waals surface area contributed by atoms with Gasteiger partial charge in [0, 0.05) is 12.3 Å². The maximum Gasteiger partial charge on any atom is 0.328 e. The van der Waals surface area contributed by atoms with E-state index in [1.807, 2.05) is 0 Å². The van der Waals surface area contributed by atoms with E-state index in [-0.39, 0.29) is 24.1 Å². The van der Waals surface area contributed by atoms with Crippen molar-refractivity contribution in [3.63, 3.8) is 0 Å². The lowest BCUT2D eigenvalue weighted by atomic mass is 9.97. The van der Waals surface area contributed by atoms with E-state index in [0.717, 1.165) is 0 Å². The summed E-state index contributed by atoms with van der Waals surface area (Å²) in [6, 6.07) is -4.59. The number of aliphatic imine (C=N–C) groups is 1. The number of aliphatic hydroxyl groups excluding tert-OH is 1. The Bertz CT molecular complexity index is 674. The highest BCUT2D eigenvalue weighted by molar-refractivity contribution is 7.80. The van der Waals surface area contributed by atoms with E-state index in [0.29, 0.717) is 19.4 Å². The fourth-order valence-electron chi connectivity index (χ4n) is 2.53. The second-order valence-electron chi connectivity index (χ2n) is 7.25. The molecule has 32 heavy (non-hydrogen) atoms. The topological polar surface area (TPSA) is 235 Å². The number of aliphatic hydroxyl groups is 1. The maximum absolute atomic E-state index is 12.7. The van der Waals surface area contributed by atoms with E-state index in [9.17, 15) is 19.2 Å². The molecule has 0 aliphatic heterocycles. The second kappa shape index (κ2) is 15.3. The van der Waals surface area contributed by atoms with Crippen molar-refractivity contribution in [1.82, 2.24) is 16.0 Å². The molecule has 0 aromatic carbocycles. The summed E-state index contributed by atoms with van der Waals surface area (Å²) >= 11 is 4.08. The molecule has 5 unspecified atom stereocenters. The van der Waals surface area contributed by atoms with Crippen LogP contribution in [-0.4, -0.2) is 82.9 Å². The van der Waals surface area contributed by atoms with E-state index < -0.39 is 54.5 Å². The number of guanidine groups is 1. The smallest absolute Gasteiger partial charge is 0.328 e. The SMILES string of the molecule is CCC(C)C(NC(=O)C(CS)NC(=O)C(N)CCCN=C(N)N)C(=O)NC(CO)C(=O)O. The Labute approximate surface area is 192 Å². The fourth-order valence-corrected chi connectivity index (χ4v) is 2.78. The number of rotatable bonds is 15. The zero-order chi connectivity index (χ0) is 24.8. The number of hydrogen-bond donors (Lipinski definition) is 9. The van der Waals surface area contributed by atoms with Crippen LogP contribution in [0.3, 0.4) is 0 Å². The summed E-state index contributed by atoms with van der Waals surface area (Å²) in [7, 11) is 0. The Morgan fingerprint density at radius 2 is 1.62 bits per heavy atom. The first-order valence-electron chi connectivity index (χ1n) is 10.1. The summed E-state index contributed by atoms with van der Waals surface area (Å²) in [6.07, 6.45) is 1.23. The highest BCUT2D eigenvalue weighted by Gasteiger charge is 2.32.